The first-order valence-electron chi connectivity index (χ1n) is 14.0. The van der Waals surface area contributed by atoms with Crippen LogP contribution >= 0.6 is 0 Å². The Morgan fingerprint density at radius 2 is 1.62 bits per heavy atom. The zero-order chi connectivity index (χ0) is 24.6. The Labute approximate surface area is 216 Å². The van der Waals surface area contributed by atoms with Crippen LogP contribution in [0.5, 0.6) is 0 Å². The number of nitrogens with zero attached hydrogens (tertiary/aromatic N) is 3. The van der Waals surface area contributed by atoms with E-state index in [9.17, 15) is 0 Å². The van der Waals surface area contributed by atoms with Crippen molar-refractivity contribution >= 4 is 54.7 Å². The van der Waals surface area contributed by atoms with E-state index < -0.39 is 0 Å². The molecule has 0 atom stereocenters. The maximum Gasteiger partial charge on any atom is 0.224 e. The Morgan fingerprint density at radius 3 is 2.35 bits per heavy atom. The van der Waals surface area contributed by atoms with Crippen molar-refractivity contribution in [3.8, 4) is 0 Å². The molecule has 0 radical (unpaired) electrons. The second-order valence-electron chi connectivity index (χ2n) is 12.7. The minimum absolute atomic E-state index is 0.351. The molecule has 4 fully saturated rings. The normalized spacial score (nSPS) is 26.9. The van der Waals surface area contributed by atoms with Crippen molar-refractivity contribution < 1.29 is 4.57 Å². The van der Waals surface area contributed by atoms with Gasteiger partial charge in [-0.1, -0.05) is 18.2 Å². The third kappa shape index (κ3) is 2.45. The van der Waals surface area contributed by atoms with Gasteiger partial charge in [0.25, 0.3) is 0 Å². The Hall–Kier alpha value is -3.64. The van der Waals surface area contributed by atoms with Gasteiger partial charge in [0, 0.05) is 11.5 Å². The summed E-state index contributed by atoms with van der Waals surface area (Å²) >= 11 is 0. The van der Waals surface area contributed by atoms with E-state index in [0.29, 0.717) is 11.1 Å². The third-order valence-corrected chi connectivity index (χ3v) is 10.6. The van der Waals surface area contributed by atoms with Crippen molar-refractivity contribution in [1.82, 2.24) is 4.40 Å². The molecule has 0 aliphatic heterocycles. The van der Waals surface area contributed by atoms with E-state index in [1.54, 1.807) is 5.56 Å². The average molecular weight is 481 g/mol. The van der Waals surface area contributed by atoms with Crippen LogP contribution in [0.4, 0.5) is 5.69 Å². The largest absolute Gasteiger partial charge is 0.308 e. The van der Waals surface area contributed by atoms with Crippen LogP contribution in [0, 0.1) is 31.2 Å². The van der Waals surface area contributed by atoms with Gasteiger partial charge in [0.2, 0.25) is 5.52 Å². The number of hydrogen-bond acceptors (Lipinski definition) is 0. The lowest BCUT2D eigenvalue weighted by molar-refractivity contribution is -0.643. The lowest BCUT2D eigenvalue weighted by Gasteiger charge is -2.57. The molecule has 6 aromatic rings. The van der Waals surface area contributed by atoms with Crippen LogP contribution < -0.4 is 4.57 Å². The van der Waals surface area contributed by atoms with Gasteiger partial charge in [-0.3, -0.25) is 0 Å². The van der Waals surface area contributed by atoms with E-state index in [1.807, 2.05) is 6.07 Å². The Bertz CT molecular complexity index is 1960. The molecular weight excluding hydrogens is 450 g/mol. The highest BCUT2D eigenvalue weighted by molar-refractivity contribution is 6.26. The standard InChI is InChI=1S/C34H30N3/c1-19-4-6-26-27-15-25(35-2)5-7-28(27)37-29-14-24(34-16-20-10-21(17-34)12-22(11-20)18-34)13-23-8-9-36(3)33(31(23)29)30(19)32(26)37/h4-9,13-15,20-22H,10-12,16-18H2,1,3H3/q+1. The van der Waals surface area contributed by atoms with Gasteiger partial charge in [0.05, 0.1) is 33.9 Å². The maximum atomic E-state index is 7.63. The Balaban J connectivity index is 1.49. The smallest absolute Gasteiger partial charge is 0.224 e. The summed E-state index contributed by atoms with van der Waals surface area (Å²) in [5.41, 5.74) is 9.13. The fourth-order valence-electron chi connectivity index (χ4n) is 9.54. The second kappa shape index (κ2) is 6.62. The predicted octanol–water partition coefficient (Wildman–Crippen LogP) is 8.14. The minimum atomic E-state index is 0.351. The number of pyridine rings is 2. The van der Waals surface area contributed by atoms with Gasteiger partial charge < -0.3 is 4.40 Å². The third-order valence-electron chi connectivity index (χ3n) is 10.6. The fraction of sp³-hybridized carbons (Fsp3) is 0.353. The summed E-state index contributed by atoms with van der Waals surface area (Å²) in [5, 5.41) is 6.52. The van der Waals surface area contributed by atoms with Gasteiger partial charge in [-0.15, -0.1) is 0 Å². The van der Waals surface area contributed by atoms with Crippen molar-refractivity contribution in [3.63, 3.8) is 0 Å². The molecule has 0 N–H and O–H groups in total. The molecule has 0 unspecified atom stereocenters. The molecule has 4 saturated carbocycles. The SMILES string of the molecule is [C-]#[N+]c1ccc2c(c1)c1ccc(C)c3c1n2c1cc(C24CC5CC(CC(C5)C2)C4)cc2cc[n+](C)c3c21. The highest BCUT2D eigenvalue weighted by Crippen LogP contribution is 2.61. The van der Waals surface area contributed by atoms with E-state index in [0.717, 1.165) is 17.8 Å². The number of hydrogen-bond donors (Lipinski definition) is 0. The molecule has 0 saturated heterocycles. The predicted molar refractivity (Wildman–Crippen MR) is 151 cm³/mol. The first kappa shape index (κ1) is 20.4. The highest BCUT2D eigenvalue weighted by atomic mass is 15.0. The molecule has 3 heterocycles. The quantitative estimate of drug-likeness (QED) is 0.0975. The second-order valence-corrected chi connectivity index (χ2v) is 12.7. The summed E-state index contributed by atoms with van der Waals surface area (Å²) in [5.74, 6) is 2.78. The van der Waals surface area contributed by atoms with Gasteiger partial charge in [0.15, 0.2) is 11.9 Å². The molecule has 37 heavy (non-hydrogen) atoms. The number of fused-ring (bicyclic) bond motifs is 5. The van der Waals surface area contributed by atoms with Crippen LogP contribution in [-0.2, 0) is 12.5 Å². The summed E-state index contributed by atoms with van der Waals surface area (Å²) < 4.78 is 4.86. The summed E-state index contributed by atoms with van der Waals surface area (Å²) in [6.07, 6.45) is 10.8. The number of aryl methyl sites for hydroxylation is 2. The summed E-state index contributed by atoms with van der Waals surface area (Å²) in [4.78, 5) is 3.77. The monoisotopic (exact) mass is 480 g/mol. The van der Waals surface area contributed by atoms with Crippen LogP contribution in [0.3, 0.4) is 0 Å². The average Bonchev–Trinajstić information content (AvgIpc) is 3.22. The van der Waals surface area contributed by atoms with Crippen molar-refractivity contribution in [1.29, 1.82) is 0 Å². The van der Waals surface area contributed by atoms with Crippen LogP contribution in [0.15, 0.2) is 54.7 Å². The van der Waals surface area contributed by atoms with Gasteiger partial charge in [-0.05, 0) is 115 Å². The van der Waals surface area contributed by atoms with Gasteiger partial charge in [0.1, 0.15) is 7.05 Å². The van der Waals surface area contributed by atoms with Gasteiger partial charge in [-0.25, -0.2) is 9.41 Å². The lowest BCUT2D eigenvalue weighted by Crippen LogP contribution is -2.48. The van der Waals surface area contributed by atoms with E-state index in [-0.39, 0.29) is 0 Å². The lowest BCUT2D eigenvalue weighted by atomic mass is 9.48. The molecule has 4 bridgehead atoms. The summed E-state index contributed by atoms with van der Waals surface area (Å²) in [6.45, 7) is 9.88. The summed E-state index contributed by atoms with van der Waals surface area (Å²) in [7, 11) is 2.19. The number of aromatic nitrogens is 2. The highest BCUT2D eigenvalue weighted by Gasteiger charge is 2.51. The molecule has 180 valence electrons. The van der Waals surface area contributed by atoms with Gasteiger partial charge in [-0.2, -0.15) is 0 Å². The number of rotatable bonds is 1. The Kier molecular flexibility index (Phi) is 3.65. The molecule has 3 nitrogen and oxygen atoms in total. The zero-order valence-corrected chi connectivity index (χ0v) is 21.5. The van der Waals surface area contributed by atoms with Crippen molar-refractivity contribution in [3.05, 3.63) is 77.3 Å². The van der Waals surface area contributed by atoms with E-state index in [2.05, 4.69) is 76.4 Å². The van der Waals surface area contributed by atoms with E-state index in [4.69, 9.17) is 6.57 Å². The van der Waals surface area contributed by atoms with Crippen LogP contribution in [0.1, 0.15) is 49.7 Å². The molecule has 0 spiro atoms. The summed E-state index contributed by atoms with van der Waals surface area (Å²) in [6, 6.07) is 18.3. The molecule has 3 heteroatoms. The molecule has 4 aliphatic rings. The molecule has 10 rings (SSSR count). The fourth-order valence-corrected chi connectivity index (χ4v) is 9.54. The first-order chi connectivity index (χ1) is 18.0. The van der Waals surface area contributed by atoms with Crippen molar-refractivity contribution in [2.45, 2.75) is 50.9 Å². The molecule has 3 aromatic heterocycles. The maximum absolute atomic E-state index is 7.63. The van der Waals surface area contributed by atoms with Crippen LogP contribution in [0.25, 0.3) is 53.8 Å². The van der Waals surface area contributed by atoms with E-state index >= 15 is 0 Å². The molecular formula is C34H30N3+. The minimum Gasteiger partial charge on any atom is -0.308 e. The first-order valence-corrected chi connectivity index (χ1v) is 14.0. The van der Waals surface area contributed by atoms with Crippen molar-refractivity contribution in [2.75, 3.05) is 0 Å². The molecule has 0 amide bonds. The molecule has 4 aliphatic carbocycles. The van der Waals surface area contributed by atoms with E-state index in [1.165, 1.54) is 93.1 Å². The Morgan fingerprint density at radius 1 is 0.865 bits per heavy atom. The van der Waals surface area contributed by atoms with Crippen LogP contribution in [-0.4, -0.2) is 4.40 Å². The zero-order valence-electron chi connectivity index (χ0n) is 21.5. The molecule has 3 aromatic carbocycles. The van der Waals surface area contributed by atoms with Crippen LogP contribution in [0.2, 0.25) is 0 Å². The topological polar surface area (TPSA) is 12.6 Å². The number of benzene rings is 3. The van der Waals surface area contributed by atoms with Gasteiger partial charge >= 0.3 is 0 Å². The van der Waals surface area contributed by atoms with Crippen molar-refractivity contribution in [2.24, 2.45) is 24.8 Å².